The molecule has 0 saturated heterocycles. The van der Waals surface area contributed by atoms with Gasteiger partial charge in [0.2, 0.25) is 0 Å². The summed E-state index contributed by atoms with van der Waals surface area (Å²) in [5.41, 5.74) is 1.10. The zero-order valence-electron chi connectivity index (χ0n) is 10.7. The van der Waals surface area contributed by atoms with Gasteiger partial charge in [0.15, 0.2) is 5.75 Å². The summed E-state index contributed by atoms with van der Waals surface area (Å²) in [6.07, 6.45) is 3.98. The van der Waals surface area contributed by atoms with E-state index >= 15 is 0 Å². The van der Waals surface area contributed by atoms with Crippen LogP contribution in [0.1, 0.15) is 51.6 Å². The highest BCUT2D eigenvalue weighted by Crippen LogP contribution is 2.32. The first-order valence-electron chi connectivity index (χ1n) is 6.39. The fourth-order valence-electron chi connectivity index (χ4n) is 2.29. The number of pyridine rings is 1. The number of aromatic nitrogens is 1. The van der Waals surface area contributed by atoms with Crippen LogP contribution < -0.4 is 4.74 Å². The SMILES string of the molecule is CC(C)c1ccc(O[C@@H]2CC[C@H](C)C2)c(Br)n1. The minimum absolute atomic E-state index is 0.369. The quantitative estimate of drug-likeness (QED) is 0.765. The van der Waals surface area contributed by atoms with Crippen LogP contribution in [-0.4, -0.2) is 11.1 Å². The lowest BCUT2D eigenvalue weighted by Crippen LogP contribution is -2.12. The monoisotopic (exact) mass is 297 g/mol. The fraction of sp³-hybridized carbons (Fsp3) is 0.643. The van der Waals surface area contributed by atoms with E-state index in [-0.39, 0.29) is 0 Å². The highest BCUT2D eigenvalue weighted by atomic mass is 79.9. The van der Waals surface area contributed by atoms with Crippen LogP contribution in [0.15, 0.2) is 16.7 Å². The van der Waals surface area contributed by atoms with Gasteiger partial charge in [-0.1, -0.05) is 20.8 Å². The van der Waals surface area contributed by atoms with Gasteiger partial charge in [0.05, 0.1) is 6.10 Å². The van der Waals surface area contributed by atoms with Crippen molar-refractivity contribution in [1.82, 2.24) is 4.98 Å². The zero-order valence-corrected chi connectivity index (χ0v) is 12.3. The lowest BCUT2D eigenvalue weighted by molar-refractivity contribution is 0.203. The molecule has 1 aromatic rings. The second kappa shape index (κ2) is 5.38. The van der Waals surface area contributed by atoms with E-state index in [1.807, 2.05) is 6.07 Å². The summed E-state index contributed by atoms with van der Waals surface area (Å²) in [5.74, 6) is 2.13. The zero-order chi connectivity index (χ0) is 12.4. The second-order valence-corrected chi connectivity index (χ2v) is 6.09. The van der Waals surface area contributed by atoms with E-state index in [1.165, 1.54) is 19.3 Å². The molecule has 0 unspecified atom stereocenters. The summed E-state index contributed by atoms with van der Waals surface area (Å²) >= 11 is 3.50. The molecule has 1 fully saturated rings. The van der Waals surface area contributed by atoms with Gasteiger partial charge >= 0.3 is 0 Å². The lowest BCUT2D eigenvalue weighted by Gasteiger charge is -2.15. The first-order valence-corrected chi connectivity index (χ1v) is 7.18. The first-order chi connectivity index (χ1) is 8.06. The molecule has 0 bridgehead atoms. The number of halogens is 1. The Labute approximate surface area is 112 Å². The maximum atomic E-state index is 6.00. The molecule has 0 spiro atoms. The smallest absolute Gasteiger partial charge is 0.152 e. The van der Waals surface area contributed by atoms with E-state index in [1.54, 1.807) is 0 Å². The van der Waals surface area contributed by atoms with E-state index in [4.69, 9.17) is 4.74 Å². The highest BCUT2D eigenvalue weighted by Gasteiger charge is 2.23. The molecule has 2 nitrogen and oxygen atoms in total. The topological polar surface area (TPSA) is 22.1 Å². The minimum Gasteiger partial charge on any atom is -0.488 e. The molecule has 1 aliphatic carbocycles. The Morgan fingerprint density at radius 3 is 2.65 bits per heavy atom. The summed E-state index contributed by atoms with van der Waals surface area (Å²) in [7, 11) is 0. The van der Waals surface area contributed by atoms with Gasteiger partial charge in [0.1, 0.15) is 4.60 Å². The van der Waals surface area contributed by atoms with Crippen LogP contribution in [0.5, 0.6) is 5.75 Å². The van der Waals surface area contributed by atoms with Crippen molar-refractivity contribution >= 4 is 15.9 Å². The Morgan fingerprint density at radius 1 is 1.35 bits per heavy atom. The molecular weight excluding hydrogens is 278 g/mol. The molecule has 3 heteroatoms. The number of rotatable bonds is 3. The molecule has 0 N–H and O–H groups in total. The van der Waals surface area contributed by atoms with Crippen LogP contribution in [0.2, 0.25) is 0 Å². The van der Waals surface area contributed by atoms with Crippen molar-refractivity contribution in [2.24, 2.45) is 5.92 Å². The minimum atomic E-state index is 0.369. The average Bonchev–Trinajstić information content (AvgIpc) is 2.67. The summed E-state index contributed by atoms with van der Waals surface area (Å²) in [6, 6.07) is 4.10. The normalized spacial score (nSPS) is 24.3. The van der Waals surface area contributed by atoms with Gasteiger partial charge in [-0.05, 0) is 59.2 Å². The molecule has 0 amide bonds. The van der Waals surface area contributed by atoms with Gasteiger partial charge in [0, 0.05) is 5.69 Å². The van der Waals surface area contributed by atoms with Crippen LogP contribution in [0.3, 0.4) is 0 Å². The molecule has 17 heavy (non-hydrogen) atoms. The summed E-state index contributed by atoms with van der Waals surface area (Å²) in [6.45, 7) is 6.58. The summed E-state index contributed by atoms with van der Waals surface area (Å²) < 4.78 is 6.84. The van der Waals surface area contributed by atoms with Crippen LogP contribution in [0.25, 0.3) is 0 Å². The average molecular weight is 298 g/mol. The predicted octanol–water partition coefficient (Wildman–Crippen LogP) is 4.53. The maximum absolute atomic E-state index is 6.00. The van der Waals surface area contributed by atoms with Crippen molar-refractivity contribution in [3.05, 3.63) is 22.4 Å². The molecule has 94 valence electrons. The van der Waals surface area contributed by atoms with Gasteiger partial charge < -0.3 is 4.74 Å². The third-order valence-corrected chi connectivity index (χ3v) is 3.94. The Hall–Kier alpha value is -0.570. The molecule has 0 radical (unpaired) electrons. The lowest BCUT2D eigenvalue weighted by atomic mass is 10.1. The van der Waals surface area contributed by atoms with Gasteiger partial charge in [0.25, 0.3) is 0 Å². The van der Waals surface area contributed by atoms with E-state index in [0.717, 1.165) is 22.0 Å². The maximum Gasteiger partial charge on any atom is 0.152 e. The molecule has 2 rings (SSSR count). The Morgan fingerprint density at radius 2 is 2.12 bits per heavy atom. The fourth-order valence-corrected chi connectivity index (χ4v) is 2.72. The Bertz CT molecular complexity index is 392. The van der Waals surface area contributed by atoms with E-state index in [0.29, 0.717) is 12.0 Å². The van der Waals surface area contributed by atoms with Gasteiger partial charge in [-0.2, -0.15) is 0 Å². The Kier molecular flexibility index (Phi) is 4.08. The van der Waals surface area contributed by atoms with Crippen molar-refractivity contribution in [1.29, 1.82) is 0 Å². The Balaban J connectivity index is 2.06. The highest BCUT2D eigenvalue weighted by molar-refractivity contribution is 9.10. The number of nitrogens with zero attached hydrogens (tertiary/aromatic N) is 1. The third kappa shape index (κ3) is 3.21. The van der Waals surface area contributed by atoms with Crippen LogP contribution >= 0.6 is 15.9 Å². The van der Waals surface area contributed by atoms with Gasteiger partial charge in [-0.3, -0.25) is 0 Å². The number of hydrogen-bond donors (Lipinski definition) is 0. The van der Waals surface area contributed by atoms with Gasteiger partial charge in [-0.15, -0.1) is 0 Å². The molecule has 1 aliphatic rings. The molecule has 0 aromatic carbocycles. The largest absolute Gasteiger partial charge is 0.488 e. The van der Waals surface area contributed by atoms with E-state index in [9.17, 15) is 0 Å². The molecule has 2 atom stereocenters. The van der Waals surface area contributed by atoms with Crippen molar-refractivity contribution < 1.29 is 4.74 Å². The summed E-state index contributed by atoms with van der Waals surface area (Å²) in [5, 5.41) is 0. The number of hydrogen-bond acceptors (Lipinski definition) is 2. The van der Waals surface area contributed by atoms with E-state index < -0.39 is 0 Å². The summed E-state index contributed by atoms with van der Waals surface area (Å²) in [4.78, 5) is 4.53. The van der Waals surface area contributed by atoms with Crippen LogP contribution in [-0.2, 0) is 0 Å². The second-order valence-electron chi connectivity index (χ2n) is 5.34. The molecule has 1 saturated carbocycles. The molecule has 0 aliphatic heterocycles. The molecular formula is C14H20BrNO. The molecule has 1 heterocycles. The van der Waals surface area contributed by atoms with Crippen molar-refractivity contribution in [2.45, 2.75) is 52.1 Å². The van der Waals surface area contributed by atoms with Crippen molar-refractivity contribution in [2.75, 3.05) is 0 Å². The standard InChI is InChI=1S/C14H20BrNO/c1-9(2)12-6-7-13(14(15)16-12)17-11-5-4-10(3)8-11/h6-7,9-11H,4-5,8H2,1-3H3/t10-,11+/m0/s1. The van der Waals surface area contributed by atoms with E-state index in [2.05, 4.69) is 47.8 Å². The first kappa shape index (κ1) is 12.9. The van der Waals surface area contributed by atoms with Crippen molar-refractivity contribution in [3.63, 3.8) is 0 Å². The van der Waals surface area contributed by atoms with Crippen LogP contribution in [0, 0.1) is 5.92 Å². The third-order valence-electron chi connectivity index (χ3n) is 3.37. The molecule has 1 aromatic heterocycles. The van der Waals surface area contributed by atoms with Gasteiger partial charge in [-0.25, -0.2) is 4.98 Å². The predicted molar refractivity (Wildman–Crippen MR) is 73.5 cm³/mol. The van der Waals surface area contributed by atoms with Crippen LogP contribution in [0.4, 0.5) is 0 Å². The van der Waals surface area contributed by atoms with Crippen molar-refractivity contribution in [3.8, 4) is 5.75 Å². The number of ether oxygens (including phenoxy) is 1.